The molecule has 26 heavy (non-hydrogen) atoms. The Morgan fingerprint density at radius 1 is 1.19 bits per heavy atom. The Kier molecular flexibility index (Phi) is 4.72. The van der Waals surface area contributed by atoms with Crippen LogP contribution < -0.4 is 16.0 Å². The van der Waals surface area contributed by atoms with Gasteiger partial charge in [-0.3, -0.25) is 9.78 Å². The quantitative estimate of drug-likeness (QED) is 0.683. The van der Waals surface area contributed by atoms with Crippen LogP contribution in [0, 0.1) is 6.92 Å². The van der Waals surface area contributed by atoms with E-state index in [1.807, 2.05) is 13.8 Å². The largest absolute Gasteiger partial charge is 0.467 e. The molecular formula is C16H15Cl2N5O3. The summed E-state index contributed by atoms with van der Waals surface area (Å²) in [4.78, 5) is 39.9. The van der Waals surface area contributed by atoms with Crippen LogP contribution in [0.25, 0.3) is 16.7 Å². The van der Waals surface area contributed by atoms with Gasteiger partial charge in [-0.2, -0.15) is 9.97 Å². The smallest absolute Gasteiger partial charge is 0.334 e. The highest BCUT2D eigenvalue weighted by Gasteiger charge is 2.22. The monoisotopic (exact) mass is 395 g/mol. The molecule has 136 valence electrons. The van der Waals surface area contributed by atoms with Gasteiger partial charge in [-0.25, -0.2) is 14.3 Å². The fraction of sp³-hybridized carbons (Fsp3) is 0.312. The molecule has 0 amide bonds. The maximum atomic E-state index is 12.7. The molecule has 0 saturated carbocycles. The van der Waals surface area contributed by atoms with E-state index in [-0.39, 0.29) is 33.1 Å². The van der Waals surface area contributed by atoms with Crippen molar-refractivity contribution in [1.29, 1.82) is 0 Å². The Bertz CT molecular complexity index is 1140. The lowest BCUT2D eigenvalue weighted by Crippen LogP contribution is -2.31. The number of nitrogens with zero attached hydrogens (tertiary/aromatic N) is 4. The number of nitrogens with one attached hydrogen (secondary N) is 1. The molecule has 0 saturated heterocycles. The SMILES string of the molecule is COc1nc(C)c(-n2c(=O)[nH]c(=O)c3c(Cl)cc(Cl)nc32)c(C(C)C)n1. The molecule has 3 rings (SSSR count). The second-order valence-corrected chi connectivity index (χ2v) is 6.70. The summed E-state index contributed by atoms with van der Waals surface area (Å²) >= 11 is 12.2. The van der Waals surface area contributed by atoms with Gasteiger partial charge >= 0.3 is 11.7 Å². The number of aromatic nitrogens is 5. The van der Waals surface area contributed by atoms with Crippen molar-refractivity contribution in [3.8, 4) is 11.7 Å². The highest BCUT2D eigenvalue weighted by atomic mass is 35.5. The van der Waals surface area contributed by atoms with Crippen molar-refractivity contribution in [2.45, 2.75) is 26.7 Å². The highest BCUT2D eigenvalue weighted by molar-refractivity contribution is 6.37. The number of ether oxygens (including phenoxy) is 1. The summed E-state index contributed by atoms with van der Waals surface area (Å²) in [7, 11) is 1.46. The Labute approximate surface area is 157 Å². The maximum absolute atomic E-state index is 12.7. The van der Waals surface area contributed by atoms with E-state index in [4.69, 9.17) is 27.9 Å². The van der Waals surface area contributed by atoms with Crippen molar-refractivity contribution in [2.24, 2.45) is 0 Å². The molecule has 3 aromatic rings. The molecule has 0 unspecified atom stereocenters. The molecule has 0 spiro atoms. The van der Waals surface area contributed by atoms with E-state index >= 15 is 0 Å². The lowest BCUT2D eigenvalue weighted by molar-refractivity contribution is 0.375. The number of methoxy groups -OCH3 is 1. The lowest BCUT2D eigenvalue weighted by atomic mass is 10.1. The van der Waals surface area contributed by atoms with Crippen LogP contribution in [-0.4, -0.2) is 31.6 Å². The van der Waals surface area contributed by atoms with Gasteiger partial charge in [0.25, 0.3) is 5.56 Å². The summed E-state index contributed by atoms with van der Waals surface area (Å²) in [5, 5.41) is 0.202. The number of aromatic amines is 1. The number of halogens is 2. The predicted molar refractivity (Wildman–Crippen MR) is 98.9 cm³/mol. The van der Waals surface area contributed by atoms with Crippen LogP contribution in [0.5, 0.6) is 6.01 Å². The molecule has 0 aromatic carbocycles. The van der Waals surface area contributed by atoms with Gasteiger partial charge < -0.3 is 4.74 Å². The first-order valence-corrected chi connectivity index (χ1v) is 8.44. The molecule has 0 fully saturated rings. The Hall–Kier alpha value is -2.45. The average Bonchev–Trinajstić information content (AvgIpc) is 2.54. The topological polar surface area (TPSA) is 103 Å². The van der Waals surface area contributed by atoms with Crippen molar-refractivity contribution in [3.05, 3.63) is 48.5 Å². The minimum absolute atomic E-state index is 0.0371. The van der Waals surface area contributed by atoms with Crippen molar-refractivity contribution in [2.75, 3.05) is 7.11 Å². The van der Waals surface area contributed by atoms with Gasteiger partial charge in [0, 0.05) is 0 Å². The Morgan fingerprint density at radius 2 is 1.88 bits per heavy atom. The number of hydrogen-bond donors (Lipinski definition) is 1. The van der Waals surface area contributed by atoms with Gasteiger partial charge in [0.1, 0.15) is 10.5 Å². The molecule has 3 heterocycles. The van der Waals surface area contributed by atoms with Crippen LogP contribution in [0.15, 0.2) is 15.7 Å². The minimum Gasteiger partial charge on any atom is -0.467 e. The normalized spacial score (nSPS) is 11.3. The molecule has 8 nitrogen and oxygen atoms in total. The van der Waals surface area contributed by atoms with Crippen molar-refractivity contribution >= 4 is 34.2 Å². The van der Waals surface area contributed by atoms with Gasteiger partial charge in [0.2, 0.25) is 0 Å². The highest BCUT2D eigenvalue weighted by Crippen LogP contribution is 2.28. The van der Waals surface area contributed by atoms with Crippen LogP contribution in [-0.2, 0) is 0 Å². The third-order valence-electron chi connectivity index (χ3n) is 3.80. The van der Waals surface area contributed by atoms with Gasteiger partial charge in [0.15, 0.2) is 5.65 Å². The van der Waals surface area contributed by atoms with E-state index in [2.05, 4.69) is 19.9 Å². The molecular weight excluding hydrogens is 381 g/mol. The van der Waals surface area contributed by atoms with E-state index in [1.54, 1.807) is 6.92 Å². The van der Waals surface area contributed by atoms with E-state index < -0.39 is 11.2 Å². The molecule has 0 atom stereocenters. The second-order valence-electron chi connectivity index (χ2n) is 5.90. The fourth-order valence-corrected chi connectivity index (χ4v) is 3.22. The number of fused-ring (bicyclic) bond motifs is 1. The third kappa shape index (κ3) is 2.95. The first-order valence-electron chi connectivity index (χ1n) is 7.68. The van der Waals surface area contributed by atoms with E-state index in [0.29, 0.717) is 17.1 Å². The van der Waals surface area contributed by atoms with Gasteiger partial charge in [-0.1, -0.05) is 37.0 Å². The fourth-order valence-electron chi connectivity index (χ4n) is 2.70. The molecule has 10 heteroatoms. The predicted octanol–water partition coefficient (Wildman–Crippen LogP) is 2.61. The van der Waals surface area contributed by atoms with Crippen LogP contribution >= 0.6 is 23.2 Å². The van der Waals surface area contributed by atoms with Crippen LogP contribution in [0.1, 0.15) is 31.2 Å². The van der Waals surface area contributed by atoms with E-state index in [0.717, 1.165) is 0 Å². The molecule has 0 aliphatic rings. The van der Waals surface area contributed by atoms with Crippen molar-refractivity contribution in [3.63, 3.8) is 0 Å². The number of rotatable bonds is 3. The number of pyridine rings is 1. The summed E-state index contributed by atoms with van der Waals surface area (Å²) in [6.45, 7) is 5.54. The van der Waals surface area contributed by atoms with Crippen LogP contribution in [0.3, 0.4) is 0 Å². The maximum Gasteiger partial charge on any atom is 0.334 e. The van der Waals surface area contributed by atoms with Gasteiger partial charge in [-0.15, -0.1) is 0 Å². The number of H-pyrrole nitrogens is 1. The molecule has 0 bridgehead atoms. The Balaban J connectivity index is 2.56. The molecule has 3 aromatic heterocycles. The average molecular weight is 396 g/mol. The standard InChI is InChI=1S/C16H15Cl2N5O3/c1-6(2)11-12(7(3)19-15(21-11)26-4)23-13-10(14(24)22-16(23)25)8(17)5-9(18)20-13/h5-6H,1-4H3,(H,22,24,25). The number of aryl methyl sites for hydroxylation is 1. The summed E-state index contributed by atoms with van der Waals surface area (Å²) in [6, 6.07) is 1.52. The summed E-state index contributed by atoms with van der Waals surface area (Å²) in [5.74, 6) is -0.0656. The van der Waals surface area contributed by atoms with E-state index in [9.17, 15) is 9.59 Å². The molecule has 0 radical (unpaired) electrons. The van der Waals surface area contributed by atoms with Crippen molar-refractivity contribution < 1.29 is 4.74 Å². The van der Waals surface area contributed by atoms with Gasteiger partial charge in [0.05, 0.1) is 29.2 Å². The zero-order valence-electron chi connectivity index (χ0n) is 14.4. The first-order chi connectivity index (χ1) is 12.2. The van der Waals surface area contributed by atoms with E-state index in [1.165, 1.54) is 17.7 Å². The first kappa shape index (κ1) is 18.3. The molecule has 1 N–H and O–H groups in total. The number of hydrogen-bond acceptors (Lipinski definition) is 6. The minimum atomic E-state index is -0.688. The van der Waals surface area contributed by atoms with Crippen molar-refractivity contribution in [1.82, 2.24) is 24.5 Å². The zero-order chi connectivity index (χ0) is 19.2. The summed E-state index contributed by atoms with van der Waals surface area (Å²) < 4.78 is 6.35. The zero-order valence-corrected chi connectivity index (χ0v) is 15.9. The molecule has 0 aliphatic heterocycles. The Morgan fingerprint density at radius 3 is 2.50 bits per heavy atom. The third-order valence-corrected chi connectivity index (χ3v) is 4.29. The second kappa shape index (κ2) is 6.69. The lowest BCUT2D eigenvalue weighted by Gasteiger charge is -2.17. The summed E-state index contributed by atoms with van der Waals surface area (Å²) in [5.41, 5.74) is 0.144. The summed E-state index contributed by atoms with van der Waals surface area (Å²) in [6.07, 6.45) is 0. The van der Waals surface area contributed by atoms with Crippen LogP contribution in [0.4, 0.5) is 0 Å². The van der Waals surface area contributed by atoms with Crippen LogP contribution in [0.2, 0.25) is 10.2 Å². The molecule has 0 aliphatic carbocycles. The van der Waals surface area contributed by atoms with Gasteiger partial charge in [-0.05, 0) is 18.9 Å².